The maximum Gasteiger partial charge on any atom is 0.185 e. The van der Waals surface area contributed by atoms with Crippen LogP contribution in [0.25, 0.3) is 10.2 Å². The molecule has 8 heteroatoms. The fourth-order valence-electron chi connectivity index (χ4n) is 3.75. The third-order valence-corrected chi connectivity index (χ3v) is 7.51. The summed E-state index contributed by atoms with van der Waals surface area (Å²) >= 11 is 14.2. The molecule has 2 heterocycles. The van der Waals surface area contributed by atoms with Crippen molar-refractivity contribution in [3.8, 4) is 5.75 Å². The van der Waals surface area contributed by atoms with Gasteiger partial charge in [0.15, 0.2) is 5.13 Å². The van der Waals surface area contributed by atoms with E-state index in [4.69, 9.17) is 27.9 Å². The molecule has 3 aromatic rings. The summed E-state index contributed by atoms with van der Waals surface area (Å²) in [6.07, 6.45) is 2.18. The lowest BCUT2D eigenvalue weighted by Crippen LogP contribution is -2.46. The highest BCUT2D eigenvalue weighted by Gasteiger charge is 2.19. The van der Waals surface area contributed by atoms with E-state index >= 15 is 0 Å². The molecule has 1 aromatic heterocycles. The van der Waals surface area contributed by atoms with Crippen molar-refractivity contribution in [2.75, 3.05) is 63.2 Å². The number of nitrogens with zero attached hydrogens (tertiary/aromatic N) is 4. The number of rotatable bonds is 8. The van der Waals surface area contributed by atoms with Gasteiger partial charge in [0.1, 0.15) is 5.75 Å². The molecule has 0 amide bonds. The Morgan fingerprint density at radius 1 is 1.06 bits per heavy atom. The van der Waals surface area contributed by atoms with E-state index in [0.29, 0.717) is 10.0 Å². The SMILES string of the molecule is CN(C)c1nc2ccc(OCCCCN3CCN(c4cccc(Cl)c4Cl)CC3)cc2s1. The highest BCUT2D eigenvalue weighted by Crippen LogP contribution is 2.33. The molecular weight excluding hydrogens is 451 g/mol. The molecule has 1 fully saturated rings. The van der Waals surface area contributed by atoms with Crippen LogP contribution in [0.1, 0.15) is 12.8 Å². The predicted molar refractivity (Wildman–Crippen MR) is 134 cm³/mol. The molecule has 5 nitrogen and oxygen atoms in total. The molecule has 1 aliphatic rings. The van der Waals surface area contributed by atoms with Crippen molar-refractivity contribution in [1.82, 2.24) is 9.88 Å². The van der Waals surface area contributed by atoms with Crippen molar-refractivity contribution in [3.05, 3.63) is 46.4 Å². The number of halogens is 2. The summed E-state index contributed by atoms with van der Waals surface area (Å²) in [5.74, 6) is 0.925. The molecule has 0 atom stereocenters. The van der Waals surface area contributed by atoms with Gasteiger partial charge in [-0.3, -0.25) is 4.90 Å². The number of unbranched alkanes of at least 4 members (excludes halogenated alkanes) is 1. The molecule has 1 aliphatic heterocycles. The van der Waals surface area contributed by atoms with Crippen LogP contribution in [0.5, 0.6) is 5.75 Å². The molecule has 0 N–H and O–H groups in total. The predicted octanol–water partition coefficient (Wildman–Crippen LogP) is 5.65. The molecule has 31 heavy (non-hydrogen) atoms. The second-order valence-corrected chi connectivity index (χ2v) is 9.77. The molecular formula is C23H28Cl2N4OS. The van der Waals surface area contributed by atoms with Gasteiger partial charge in [0.05, 0.1) is 32.6 Å². The zero-order chi connectivity index (χ0) is 21.8. The van der Waals surface area contributed by atoms with Crippen molar-refractivity contribution in [2.45, 2.75) is 12.8 Å². The van der Waals surface area contributed by atoms with Crippen LogP contribution in [-0.2, 0) is 0 Å². The van der Waals surface area contributed by atoms with Gasteiger partial charge in [-0.15, -0.1) is 0 Å². The van der Waals surface area contributed by atoms with E-state index in [0.717, 1.165) is 74.3 Å². The van der Waals surface area contributed by atoms with Crippen LogP contribution in [0.2, 0.25) is 10.0 Å². The standard InChI is InChI=1S/C23H28Cl2N4OS/c1-27(2)23-26-19-9-8-17(16-21(19)31-23)30-15-4-3-10-28-11-13-29(14-12-28)20-7-5-6-18(24)22(20)25/h5-9,16H,3-4,10-15H2,1-2H3. The van der Waals surface area contributed by atoms with Gasteiger partial charge < -0.3 is 14.5 Å². The van der Waals surface area contributed by atoms with Crippen LogP contribution in [-0.4, -0.2) is 63.3 Å². The van der Waals surface area contributed by atoms with Crippen LogP contribution in [0.15, 0.2) is 36.4 Å². The van der Waals surface area contributed by atoms with Gasteiger partial charge in [-0.2, -0.15) is 0 Å². The number of thiazole rings is 1. The van der Waals surface area contributed by atoms with E-state index in [9.17, 15) is 0 Å². The minimum atomic E-state index is 0.620. The van der Waals surface area contributed by atoms with Gasteiger partial charge >= 0.3 is 0 Å². The second-order valence-electron chi connectivity index (χ2n) is 7.98. The van der Waals surface area contributed by atoms with E-state index in [1.54, 1.807) is 11.3 Å². The Morgan fingerprint density at radius 2 is 1.87 bits per heavy atom. The normalized spacial score (nSPS) is 14.9. The van der Waals surface area contributed by atoms with Crippen molar-refractivity contribution in [1.29, 1.82) is 0 Å². The van der Waals surface area contributed by atoms with E-state index in [-0.39, 0.29) is 0 Å². The number of hydrogen-bond donors (Lipinski definition) is 0. The third-order valence-electron chi connectivity index (χ3n) is 5.51. The average molecular weight is 479 g/mol. The number of piperazine rings is 1. The number of ether oxygens (including phenoxy) is 1. The van der Waals surface area contributed by atoms with Gasteiger partial charge in [-0.25, -0.2) is 4.98 Å². The van der Waals surface area contributed by atoms with Gasteiger partial charge in [0, 0.05) is 40.3 Å². The summed E-state index contributed by atoms with van der Waals surface area (Å²) in [6.45, 7) is 5.87. The lowest BCUT2D eigenvalue weighted by atomic mass is 10.2. The lowest BCUT2D eigenvalue weighted by Gasteiger charge is -2.36. The zero-order valence-electron chi connectivity index (χ0n) is 18.0. The quantitative estimate of drug-likeness (QED) is 0.390. The molecule has 4 rings (SSSR count). The summed E-state index contributed by atoms with van der Waals surface area (Å²) in [6, 6.07) is 12.0. The molecule has 1 saturated heterocycles. The van der Waals surface area contributed by atoms with Crippen molar-refractivity contribution in [2.24, 2.45) is 0 Å². The summed E-state index contributed by atoms with van der Waals surface area (Å²) in [7, 11) is 4.03. The Hall–Kier alpha value is -1.73. The van der Waals surface area contributed by atoms with E-state index < -0.39 is 0 Å². The fraction of sp³-hybridized carbons (Fsp3) is 0.435. The maximum absolute atomic E-state index is 6.37. The number of benzene rings is 2. The smallest absolute Gasteiger partial charge is 0.185 e. The maximum atomic E-state index is 6.37. The Bertz CT molecular complexity index is 1020. The van der Waals surface area contributed by atoms with E-state index in [1.807, 2.05) is 49.3 Å². The molecule has 0 aliphatic carbocycles. The van der Waals surface area contributed by atoms with Crippen LogP contribution in [0.3, 0.4) is 0 Å². The summed E-state index contributed by atoms with van der Waals surface area (Å²) in [5, 5.41) is 2.29. The molecule has 0 saturated carbocycles. The topological polar surface area (TPSA) is 31.8 Å². The summed E-state index contributed by atoms with van der Waals surface area (Å²) in [5.41, 5.74) is 2.07. The molecule has 0 bridgehead atoms. The second kappa shape index (κ2) is 10.3. The first-order chi connectivity index (χ1) is 15.0. The third kappa shape index (κ3) is 5.55. The van der Waals surface area contributed by atoms with Crippen LogP contribution in [0, 0.1) is 0 Å². The number of fused-ring (bicyclic) bond motifs is 1. The zero-order valence-corrected chi connectivity index (χ0v) is 20.3. The minimum Gasteiger partial charge on any atom is -0.494 e. The summed E-state index contributed by atoms with van der Waals surface area (Å²) < 4.78 is 7.15. The van der Waals surface area contributed by atoms with Crippen molar-refractivity contribution >= 4 is 55.6 Å². The van der Waals surface area contributed by atoms with E-state index in [2.05, 4.69) is 20.9 Å². The minimum absolute atomic E-state index is 0.620. The first kappa shape index (κ1) is 22.5. The molecule has 0 radical (unpaired) electrons. The highest BCUT2D eigenvalue weighted by atomic mass is 35.5. The summed E-state index contributed by atoms with van der Waals surface area (Å²) in [4.78, 5) is 11.5. The Balaban J connectivity index is 1.17. The number of aromatic nitrogens is 1. The van der Waals surface area contributed by atoms with Gasteiger partial charge in [0.25, 0.3) is 0 Å². The first-order valence-corrected chi connectivity index (χ1v) is 12.2. The van der Waals surface area contributed by atoms with Gasteiger partial charge in [0.2, 0.25) is 0 Å². The van der Waals surface area contributed by atoms with Crippen molar-refractivity contribution < 1.29 is 4.74 Å². The van der Waals surface area contributed by atoms with Crippen LogP contribution >= 0.6 is 34.5 Å². The van der Waals surface area contributed by atoms with Crippen LogP contribution < -0.4 is 14.5 Å². The molecule has 166 valence electrons. The highest BCUT2D eigenvalue weighted by molar-refractivity contribution is 7.22. The average Bonchev–Trinajstić information content (AvgIpc) is 3.20. The largest absolute Gasteiger partial charge is 0.494 e. The van der Waals surface area contributed by atoms with E-state index in [1.165, 1.54) is 4.70 Å². The van der Waals surface area contributed by atoms with Gasteiger partial charge in [-0.1, -0.05) is 40.6 Å². The fourth-order valence-corrected chi connectivity index (χ4v) is 5.08. The van der Waals surface area contributed by atoms with Gasteiger partial charge in [-0.05, 0) is 49.7 Å². The molecule has 2 aromatic carbocycles. The molecule has 0 spiro atoms. The number of hydrogen-bond acceptors (Lipinski definition) is 6. The Labute approximate surface area is 198 Å². The Morgan fingerprint density at radius 3 is 2.65 bits per heavy atom. The van der Waals surface area contributed by atoms with Crippen LogP contribution in [0.4, 0.5) is 10.8 Å². The first-order valence-electron chi connectivity index (χ1n) is 10.6. The molecule has 0 unspecified atom stereocenters. The number of anilines is 2. The lowest BCUT2D eigenvalue weighted by molar-refractivity contribution is 0.238. The Kier molecular flexibility index (Phi) is 7.43. The monoisotopic (exact) mass is 478 g/mol. The van der Waals surface area contributed by atoms with Crippen molar-refractivity contribution in [3.63, 3.8) is 0 Å².